The first-order valence-electron chi connectivity index (χ1n) is 6.32. The third-order valence-electron chi connectivity index (χ3n) is 3.07. The van der Waals surface area contributed by atoms with Crippen LogP contribution in [0.3, 0.4) is 0 Å². The first kappa shape index (κ1) is 14.1. The second kappa shape index (κ2) is 6.25. The van der Waals surface area contributed by atoms with Gasteiger partial charge in [-0.1, -0.05) is 0 Å². The van der Waals surface area contributed by atoms with Crippen molar-refractivity contribution >= 4 is 11.7 Å². The Labute approximate surface area is 117 Å². The van der Waals surface area contributed by atoms with E-state index in [4.69, 9.17) is 0 Å². The highest BCUT2D eigenvalue weighted by molar-refractivity contribution is 5.91. The van der Waals surface area contributed by atoms with Gasteiger partial charge in [0, 0.05) is 31.5 Å². The number of aromatic nitrogens is 4. The van der Waals surface area contributed by atoms with Crippen LogP contribution in [0.5, 0.6) is 0 Å². The molecule has 2 aromatic rings. The molecule has 0 saturated heterocycles. The number of nitrogens with zero attached hydrogens (tertiary/aromatic N) is 5. The predicted octanol–water partition coefficient (Wildman–Crippen LogP) is 0.842. The van der Waals surface area contributed by atoms with Gasteiger partial charge in [-0.2, -0.15) is 5.10 Å². The highest BCUT2D eigenvalue weighted by atomic mass is 16.2. The number of anilines is 1. The van der Waals surface area contributed by atoms with Crippen LogP contribution >= 0.6 is 0 Å². The number of rotatable bonds is 5. The molecule has 0 radical (unpaired) electrons. The first-order chi connectivity index (χ1) is 9.56. The van der Waals surface area contributed by atoms with E-state index in [1.165, 1.54) is 6.33 Å². The SMILES string of the molecule is CC(c1ccncn1)N(C)CC(=O)Nc1ccn(C)n1. The third-order valence-corrected chi connectivity index (χ3v) is 3.07. The van der Waals surface area contributed by atoms with E-state index >= 15 is 0 Å². The first-order valence-corrected chi connectivity index (χ1v) is 6.32. The lowest BCUT2D eigenvalue weighted by Gasteiger charge is -2.23. The van der Waals surface area contributed by atoms with Crippen molar-refractivity contribution in [3.05, 3.63) is 36.5 Å². The molecule has 0 saturated carbocycles. The zero-order valence-corrected chi connectivity index (χ0v) is 11.8. The number of carbonyl (C=O) groups excluding carboxylic acids is 1. The van der Waals surface area contributed by atoms with Gasteiger partial charge in [0.1, 0.15) is 6.33 Å². The standard InChI is InChI=1S/C13H18N6O/c1-10(11-4-6-14-9-15-11)18(2)8-13(20)16-12-5-7-19(3)17-12/h4-7,9-10H,8H2,1-3H3,(H,16,17,20). The van der Waals surface area contributed by atoms with Crippen molar-refractivity contribution in [2.24, 2.45) is 7.05 Å². The Hall–Kier alpha value is -2.28. The summed E-state index contributed by atoms with van der Waals surface area (Å²) in [6.07, 6.45) is 4.98. The summed E-state index contributed by atoms with van der Waals surface area (Å²) in [4.78, 5) is 21.9. The highest BCUT2D eigenvalue weighted by Crippen LogP contribution is 2.14. The van der Waals surface area contributed by atoms with Crippen molar-refractivity contribution < 1.29 is 4.79 Å². The smallest absolute Gasteiger partial charge is 0.239 e. The Kier molecular flexibility index (Phi) is 4.41. The highest BCUT2D eigenvalue weighted by Gasteiger charge is 2.16. The Morgan fingerprint density at radius 1 is 1.50 bits per heavy atom. The summed E-state index contributed by atoms with van der Waals surface area (Å²) in [6.45, 7) is 2.26. The number of likely N-dealkylation sites (N-methyl/N-ethyl adjacent to an activating group) is 1. The number of nitrogens with one attached hydrogen (secondary N) is 1. The lowest BCUT2D eigenvalue weighted by Crippen LogP contribution is -2.32. The van der Waals surface area contributed by atoms with Crippen molar-refractivity contribution in [3.63, 3.8) is 0 Å². The largest absolute Gasteiger partial charge is 0.308 e. The van der Waals surface area contributed by atoms with Gasteiger partial charge in [0.25, 0.3) is 0 Å². The van der Waals surface area contributed by atoms with Crippen molar-refractivity contribution in [2.45, 2.75) is 13.0 Å². The van der Waals surface area contributed by atoms with E-state index in [1.54, 1.807) is 30.2 Å². The number of amides is 1. The Morgan fingerprint density at radius 2 is 2.30 bits per heavy atom. The fourth-order valence-electron chi connectivity index (χ4n) is 1.80. The Morgan fingerprint density at radius 3 is 2.90 bits per heavy atom. The van der Waals surface area contributed by atoms with Crippen LogP contribution in [0.1, 0.15) is 18.7 Å². The monoisotopic (exact) mass is 274 g/mol. The van der Waals surface area contributed by atoms with E-state index in [0.29, 0.717) is 5.82 Å². The van der Waals surface area contributed by atoms with E-state index in [1.807, 2.05) is 24.9 Å². The molecule has 1 N–H and O–H groups in total. The topological polar surface area (TPSA) is 75.9 Å². The lowest BCUT2D eigenvalue weighted by atomic mass is 10.2. The van der Waals surface area contributed by atoms with Crippen molar-refractivity contribution in [1.29, 1.82) is 0 Å². The molecule has 106 valence electrons. The van der Waals surface area contributed by atoms with Crippen LogP contribution in [-0.4, -0.2) is 44.1 Å². The van der Waals surface area contributed by atoms with Crippen LogP contribution in [0.25, 0.3) is 0 Å². The van der Waals surface area contributed by atoms with Gasteiger partial charge in [-0.3, -0.25) is 14.4 Å². The van der Waals surface area contributed by atoms with Crippen LogP contribution in [0.4, 0.5) is 5.82 Å². The van der Waals surface area contributed by atoms with E-state index in [2.05, 4.69) is 20.4 Å². The van der Waals surface area contributed by atoms with Gasteiger partial charge in [0.05, 0.1) is 12.2 Å². The summed E-state index contributed by atoms with van der Waals surface area (Å²) in [6, 6.07) is 3.64. The molecule has 7 heteroatoms. The summed E-state index contributed by atoms with van der Waals surface area (Å²) in [5.74, 6) is 0.452. The van der Waals surface area contributed by atoms with Crippen LogP contribution in [0.2, 0.25) is 0 Å². The average Bonchev–Trinajstić information content (AvgIpc) is 2.84. The number of hydrogen-bond acceptors (Lipinski definition) is 5. The average molecular weight is 274 g/mol. The fourth-order valence-corrected chi connectivity index (χ4v) is 1.80. The molecule has 0 aliphatic carbocycles. The quantitative estimate of drug-likeness (QED) is 0.874. The maximum absolute atomic E-state index is 11.9. The molecule has 7 nitrogen and oxygen atoms in total. The van der Waals surface area contributed by atoms with Crippen molar-refractivity contribution in [3.8, 4) is 0 Å². The van der Waals surface area contributed by atoms with Crippen LogP contribution in [0.15, 0.2) is 30.9 Å². The lowest BCUT2D eigenvalue weighted by molar-refractivity contribution is -0.117. The van der Waals surface area contributed by atoms with Gasteiger partial charge in [-0.25, -0.2) is 9.97 Å². The molecule has 0 aromatic carbocycles. The van der Waals surface area contributed by atoms with Gasteiger partial charge in [-0.15, -0.1) is 0 Å². The summed E-state index contributed by atoms with van der Waals surface area (Å²) >= 11 is 0. The molecule has 0 spiro atoms. The minimum atomic E-state index is -0.105. The summed E-state index contributed by atoms with van der Waals surface area (Å²) in [7, 11) is 3.68. The zero-order valence-electron chi connectivity index (χ0n) is 11.8. The van der Waals surface area contributed by atoms with Gasteiger partial charge in [0.15, 0.2) is 5.82 Å². The Bertz CT molecular complexity index is 567. The predicted molar refractivity (Wildman–Crippen MR) is 74.9 cm³/mol. The molecule has 2 aromatic heterocycles. The second-order valence-corrected chi connectivity index (χ2v) is 4.65. The molecular formula is C13H18N6O. The van der Waals surface area contributed by atoms with Gasteiger partial charge >= 0.3 is 0 Å². The van der Waals surface area contributed by atoms with E-state index in [9.17, 15) is 4.79 Å². The maximum Gasteiger partial charge on any atom is 0.239 e. The van der Waals surface area contributed by atoms with E-state index in [0.717, 1.165) is 5.69 Å². The molecule has 2 heterocycles. The van der Waals surface area contributed by atoms with Gasteiger partial charge in [-0.05, 0) is 20.0 Å². The summed E-state index contributed by atoms with van der Waals surface area (Å²) in [5.41, 5.74) is 0.883. The number of aryl methyl sites for hydroxylation is 1. The second-order valence-electron chi connectivity index (χ2n) is 4.65. The van der Waals surface area contributed by atoms with Crippen molar-refractivity contribution in [2.75, 3.05) is 18.9 Å². The van der Waals surface area contributed by atoms with E-state index < -0.39 is 0 Å². The summed E-state index contributed by atoms with van der Waals surface area (Å²) in [5, 5.41) is 6.86. The zero-order chi connectivity index (χ0) is 14.5. The molecule has 2 rings (SSSR count). The normalized spacial score (nSPS) is 12.4. The molecule has 0 aliphatic heterocycles. The van der Waals surface area contributed by atoms with E-state index in [-0.39, 0.29) is 18.5 Å². The fraction of sp³-hybridized carbons (Fsp3) is 0.385. The number of carbonyl (C=O) groups is 1. The minimum Gasteiger partial charge on any atom is -0.308 e. The summed E-state index contributed by atoms with van der Waals surface area (Å²) < 4.78 is 1.64. The molecule has 20 heavy (non-hydrogen) atoms. The third kappa shape index (κ3) is 3.61. The van der Waals surface area contributed by atoms with Gasteiger partial charge in [0.2, 0.25) is 5.91 Å². The van der Waals surface area contributed by atoms with Crippen LogP contribution in [0, 0.1) is 0 Å². The molecule has 1 amide bonds. The van der Waals surface area contributed by atoms with Crippen molar-refractivity contribution in [1.82, 2.24) is 24.6 Å². The molecule has 1 atom stereocenters. The van der Waals surface area contributed by atoms with Crippen LogP contribution < -0.4 is 5.32 Å². The van der Waals surface area contributed by atoms with Gasteiger partial charge < -0.3 is 5.32 Å². The molecule has 1 unspecified atom stereocenters. The Balaban J connectivity index is 1.90. The van der Waals surface area contributed by atoms with Crippen LogP contribution in [-0.2, 0) is 11.8 Å². The minimum absolute atomic E-state index is 0.0347. The molecule has 0 fully saturated rings. The molecule has 0 aliphatic rings. The maximum atomic E-state index is 11.9. The molecule has 0 bridgehead atoms. The molecular weight excluding hydrogens is 256 g/mol. The number of hydrogen-bond donors (Lipinski definition) is 1.